The number of aryl methyl sites for hydroxylation is 2. The zero-order valence-corrected chi connectivity index (χ0v) is 12.1. The maximum atomic E-state index is 11.7. The largest absolute Gasteiger partial charge is 0.480 e. The summed E-state index contributed by atoms with van der Waals surface area (Å²) in [7, 11) is 3.61. The second-order valence-corrected chi connectivity index (χ2v) is 5.00. The average molecular weight is 277 g/mol. The summed E-state index contributed by atoms with van der Waals surface area (Å²) < 4.78 is 6.74. The summed E-state index contributed by atoms with van der Waals surface area (Å²) in [5.74, 6) is -0.879. The van der Waals surface area contributed by atoms with Gasteiger partial charge in [0.15, 0.2) is 0 Å². The van der Waals surface area contributed by atoms with Crippen LogP contribution in [0.2, 0.25) is 0 Å². The molecule has 1 atom stereocenters. The monoisotopic (exact) mass is 277 g/mol. The van der Waals surface area contributed by atoms with Gasteiger partial charge in [0.1, 0.15) is 6.04 Å². The molecule has 0 saturated carbocycles. The molecule has 0 amide bonds. The Kier molecular flexibility index (Phi) is 3.94. The third-order valence-electron chi connectivity index (χ3n) is 3.53. The standard InChI is InChI=1S/C14H19N3O3/c1-9-12(10(2)17(4)15-9)13(14(18)19)16(3)7-11-5-6-20-8-11/h5-6,8,13H,7H2,1-4H3,(H,18,19). The van der Waals surface area contributed by atoms with Gasteiger partial charge in [0, 0.05) is 30.4 Å². The van der Waals surface area contributed by atoms with Crippen molar-refractivity contribution in [1.82, 2.24) is 14.7 Å². The molecule has 0 bridgehead atoms. The number of hydrogen-bond acceptors (Lipinski definition) is 4. The van der Waals surface area contributed by atoms with Gasteiger partial charge in [-0.25, -0.2) is 0 Å². The van der Waals surface area contributed by atoms with Crippen molar-refractivity contribution in [3.05, 3.63) is 41.1 Å². The number of nitrogens with zero attached hydrogens (tertiary/aromatic N) is 3. The van der Waals surface area contributed by atoms with Gasteiger partial charge >= 0.3 is 5.97 Å². The molecule has 1 N–H and O–H groups in total. The zero-order chi connectivity index (χ0) is 14.9. The van der Waals surface area contributed by atoms with E-state index in [1.54, 1.807) is 29.2 Å². The molecule has 2 heterocycles. The Bertz CT molecular complexity index is 601. The lowest BCUT2D eigenvalue weighted by molar-refractivity contribution is -0.143. The number of rotatable bonds is 5. The highest BCUT2D eigenvalue weighted by Gasteiger charge is 2.30. The van der Waals surface area contributed by atoms with Crippen molar-refractivity contribution < 1.29 is 14.3 Å². The van der Waals surface area contributed by atoms with E-state index in [0.29, 0.717) is 6.54 Å². The lowest BCUT2D eigenvalue weighted by atomic mass is 10.0. The fourth-order valence-electron chi connectivity index (χ4n) is 2.48. The first-order valence-electron chi connectivity index (χ1n) is 6.36. The van der Waals surface area contributed by atoms with Gasteiger partial charge in [-0.2, -0.15) is 5.10 Å². The highest BCUT2D eigenvalue weighted by Crippen LogP contribution is 2.27. The summed E-state index contributed by atoms with van der Waals surface area (Å²) in [5.41, 5.74) is 3.31. The number of carboxylic acids is 1. The highest BCUT2D eigenvalue weighted by molar-refractivity contribution is 5.76. The molecule has 108 valence electrons. The van der Waals surface area contributed by atoms with Crippen molar-refractivity contribution >= 4 is 5.97 Å². The Morgan fingerprint density at radius 1 is 1.55 bits per heavy atom. The molecule has 0 fully saturated rings. The number of carbonyl (C=O) groups is 1. The van der Waals surface area contributed by atoms with Crippen LogP contribution in [-0.2, 0) is 18.4 Å². The van der Waals surface area contributed by atoms with E-state index in [0.717, 1.165) is 22.5 Å². The zero-order valence-electron chi connectivity index (χ0n) is 12.1. The van der Waals surface area contributed by atoms with Crippen molar-refractivity contribution in [3.8, 4) is 0 Å². The predicted octanol–water partition coefficient (Wildman–Crippen LogP) is 1.89. The molecular weight excluding hydrogens is 258 g/mol. The Balaban J connectivity index is 2.33. The Morgan fingerprint density at radius 3 is 2.70 bits per heavy atom. The summed E-state index contributed by atoms with van der Waals surface area (Å²) in [6.07, 6.45) is 3.21. The van der Waals surface area contributed by atoms with Crippen LogP contribution >= 0.6 is 0 Å². The van der Waals surface area contributed by atoms with Crippen LogP contribution < -0.4 is 0 Å². The van der Waals surface area contributed by atoms with Crippen LogP contribution in [-0.4, -0.2) is 32.8 Å². The van der Waals surface area contributed by atoms with Crippen molar-refractivity contribution in [2.75, 3.05) is 7.05 Å². The third kappa shape index (κ3) is 2.60. The van der Waals surface area contributed by atoms with Gasteiger partial charge in [0.05, 0.1) is 18.2 Å². The lowest BCUT2D eigenvalue weighted by Gasteiger charge is -2.24. The van der Waals surface area contributed by atoms with E-state index in [1.165, 1.54) is 0 Å². The molecule has 0 radical (unpaired) electrons. The van der Waals surface area contributed by atoms with Crippen molar-refractivity contribution in [2.24, 2.45) is 7.05 Å². The van der Waals surface area contributed by atoms with E-state index < -0.39 is 12.0 Å². The number of aromatic nitrogens is 2. The topological polar surface area (TPSA) is 71.5 Å². The van der Waals surface area contributed by atoms with Crippen LogP contribution in [0.25, 0.3) is 0 Å². The van der Waals surface area contributed by atoms with Gasteiger partial charge in [-0.1, -0.05) is 0 Å². The molecule has 0 aliphatic carbocycles. The van der Waals surface area contributed by atoms with Gasteiger partial charge in [0.25, 0.3) is 0 Å². The molecule has 6 heteroatoms. The molecule has 0 aromatic carbocycles. The van der Waals surface area contributed by atoms with E-state index >= 15 is 0 Å². The fraction of sp³-hybridized carbons (Fsp3) is 0.429. The second kappa shape index (κ2) is 5.50. The minimum absolute atomic E-state index is 0.501. The quantitative estimate of drug-likeness (QED) is 0.903. The SMILES string of the molecule is Cc1nn(C)c(C)c1C(C(=O)O)N(C)Cc1ccoc1. The first-order chi connectivity index (χ1) is 9.41. The smallest absolute Gasteiger partial charge is 0.325 e. The van der Waals surface area contributed by atoms with Gasteiger partial charge in [-0.05, 0) is 27.0 Å². The first kappa shape index (κ1) is 14.3. The first-order valence-corrected chi connectivity index (χ1v) is 6.36. The summed E-state index contributed by atoms with van der Waals surface area (Å²) in [6.45, 7) is 4.22. The van der Waals surface area contributed by atoms with Crippen molar-refractivity contribution in [3.63, 3.8) is 0 Å². The van der Waals surface area contributed by atoms with E-state index in [4.69, 9.17) is 4.42 Å². The van der Waals surface area contributed by atoms with Crippen LogP contribution in [0.4, 0.5) is 0 Å². The Morgan fingerprint density at radius 2 is 2.25 bits per heavy atom. The Labute approximate surface area is 117 Å². The van der Waals surface area contributed by atoms with Crippen LogP contribution in [0.15, 0.2) is 23.0 Å². The number of aliphatic carboxylic acids is 1. The molecule has 2 rings (SSSR count). The number of carboxylic acid groups (broad SMARTS) is 1. The van der Waals surface area contributed by atoms with E-state index in [2.05, 4.69) is 5.10 Å². The van der Waals surface area contributed by atoms with Gasteiger partial charge in [-0.15, -0.1) is 0 Å². The maximum Gasteiger partial charge on any atom is 0.325 e. The fourth-order valence-corrected chi connectivity index (χ4v) is 2.48. The molecule has 0 aliphatic rings. The summed E-state index contributed by atoms with van der Waals surface area (Å²) in [4.78, 5) is 13.5. The van der Waals surface area contributed by atoms with Crippen molar-refractivity contribution in [2.45, 2.75) is 26.4 Å². The second-order valence-electron chi connectivity index (χ2n) is 5.00. The molecular formula is C14H19N3O3. The van der Waals surface area contributed by atoms with Gasteiger partial charge in [0.2, 0.25) is 0 Å². The third-order valence-corrected chi connectivity index (χ3v) is 3.53. The van der Waals surface area contributed by atoms with E-state index in [1.807, 2.05) is 27.0 Å². The highest BCUT2D eigenvalue weighted by atomic mass is 16.4. The van der Waals surface area contributed by atoms with Gasteiger partial charge < -0.3 is 9.52 Å². The van der Waals surface area contributed by atoms with Crippen LogP contribution in [0.1, 0.15) is 28.6 Å². The lowest BCUT2D eigenvalue weighted by Crippen LogP contribution is -2.31. The maximum absolute atomic E-state index is 11.7. The Hall–Kier alpha value is -2.08. The molecule has 6 nitrogen and oxygen atoms in total. The number of likely N-dealkylation sites (N-methyl/N-ethyl adjacent to an activating group) is 1. The predicted molar refractivity (Wildman–Crippen MR) is 73.2 cm³/mol. The minimum Gasteiger partial charge on any atom is -0.480 e. The van der Waals surface area contributed by atoms with Crippen LogP contribution in [0.5, 0.6) is 0 Å². The molecule has 0 aliphatic heterocycles. The molecule has 2 aromatic rings. The summed E-state index contributed by atoms with van der Waals surface area (Å²) in [6, 6.07) is 1.11. The minimum atomic E-state index is -0.879. The van der Waals surface area contributed by atoms with E-state index in [-0.39, 0.29) is 0 Å². The molecule has 1 unspecified atom stereocenters. The molecule has 0 saturated heterocycles. The van der Waals surface area contributed by atoms with Gasteiger partial charge in [-0.3, -0.25) is 14.4 Å². The van der Waals surface area contributed by atoms with Crippen molar-refractivity contribution in [1.29, 1.82) is 0 Å². The van der Waals surface area contributed by atoms with Crippen LogP contribution in [0, 0.1) is 13.8 Å². The molecule has 2 aromatic heterocycles. The molecule has 20 heavy (non-hydrogen) atoms. The number of hydrogen-bond donors (Lipinski definition) is 1. The number of furan rings is 1. The molecule has 0 spiro atoms. The summed E-state index contributed by atoms with van der Waals surface area (Å²) >= 11 is 0. The summed E-state index contributed by atoms with van der Waals surface area (Å²) in [5, 5.41) is 13.9. The average Bonchev–Trinajstić information content (AvgIpc) is 2.93. The van der Waals surface area contributed by atoms with Crippen LogP contribution in [0.3, 0.4) is 0 Å². The normalized spacial score (nSPS) is 12.8. The van der Waals surface area contributed by atoms with E-state index in [9.17, 15) is 9.90 Å².